The molecule has 0 spiro atoms. The van der Waals surface area contributed by atoms with Crippen molar-refractivity contribution >= 4 is 17.5 Å². The van der Waals surface area contributed by atoms with Crippen LogP contribution in [0.3, 0.4) is 0 Å². The van der Waals surface area contributed by atoms with E-state index in [1.807, 2.05) is 50.4 Å². The molecular weight excluding hydrogens is 362 g/mol. The van der Waals surface area contributed by atoms with E-state index in [2.05, 4.69) is 15.5 Å². The number of rotatable bonds is 7. The Hall–Kier alpha value is -2.66. The van der Waals surface area contributed by atoms with E-state index in [9.17, 15) is 9.59 Å². The molecular formula is C24H31N3O2. The van der Waals surface area contributed by atoms with Gasteiger partial charge in [-0.2, -0.15) is 0 Å². The molecule has 1 atom stereocenters. The van der Waals surface area contributed by atoms with Gasteiger partial charge in [0.1, 0.15) is 0 Å². The molecule has 0 heterocycles. The van der Waals surface area contributed by atoms with Crippen LogP contribution in [0.5, 0.6) is 0 Å². The van der Waals surface area contributed by atoms with E-state index in [0.29, 0.717) is 23.8 Å². The first kappa shape index (κ1) is 21.1. The number of nitrogens with zero attached hydrogens (tertiary/aromatic N) is 1. The van der Waals surface area contributed by atoms with Crippen molar-refractivity contribution in [2.75, 3.05) is 18.9 Å². The number of likely N-dealkylation sites (N-methyl/N-ethyl adjacent to an activating group) is 1. The Balaban J connectivity index is 1.55. The maximum atomic E-state index is 12.6. The molecule has 2 aromatic rings. The van der Waals surface area contributed by atoms with Gasteiger partial charge in [0.2, 0.25) is 5.91 Å². The predicted octanol–water partition coefficient (Wildman–Crippen LogP) is 4.38. The molecule has 5 nitrogen and oxygen atoms in total. The van der Waals surface area contributed by atoms with Crippen LogP contribution < -0.4 is 10.6 Å². The highest BCUT2D eigenvalue weighted by molar-refractivity contribution is 5.97. The quantitative estimate of drug-likeness (QED) is 0.734. The molecule has 1 saturated carbocycles. The topological polar surface area (TPSA) is 61.4 Å². The number of hydrogen-bond acceptors (Lipinski definition) is 3. The second-order valence-corrected chi connectivity index (χ2v) is 7.94. The molecule has 0 saturated heterocycles. The van der Waals surface area contributed by atoms with E-state index in [1.54, 1.807) is 18.2 Å². The predicted molar refractivity (Wildman–Crippen MR) is 117 cm³/mol. The highest BCUT2D eigenvalue weighted by atomic mass is 16.2. The summed E-state index contributed by atoms with van der Waals surface area (Å²) in [6, 6.07) is 17.3. The normalized spacial score (nSPS) is 15.7. The Morgan fingerprint density at radius 3 is 2.48 bits per heavy atom. The first-order chi connectivity index (χ1) is 14.0. The third-order valence-electron chi connectivity index (χ3n) is 5.65. The Morgan fingerprint density at radius 2 is 1.76 bits per heavy atom. The summed E-state index contributed by atoms with van der Waals surface area (Å²) in [6.45, 7) is 2.33. The van der Waals surface area contributed by atoms with Gasteiger partial charge in [-0.15, -0.1) is 0 Å². The Kier molecular flexibility index (Phi) is 7.42. The lowest BCUT2D eigenvalue weighted by Crippen LogP contribution is -2.39. The van der Waals surface area contributed by atoms with Crippen molar-refractivity contribution in [3.05, 3.63) is 65.7 Å². The minimum atomic E-state index is -0.156. The molecule has 0 bridgehead atoms. The summed E-state index contributed by atoms with van der Waals surface area (Å²) in [4.78, 5) is 27.2. The first-order valence-corrected chi connectivity index (χ1v) is 10.5. The molecule has 1 unspecified atom stereocenters. The van der Waals surface area contributed by atoms with E-state index in [0.717, 1.165) is 5.56 Å². The van der Waals surface area contributed by atoms with E-state index in [1.165, 1.54) is 32.1 Å². The smallest absolute Gasteiger partial charge is 0.251 e. The fourth-order valence-electron chi connectivity index (χ4n) is 3.92. The summed E-state index contributed by atoms with van der Waals surface area (Å²) in [6.07, 6.45) is 6.12. The second-order valence-electron chi connectivity index (χ2n) is 7.94. The van der Waals surface area contributed by atoms with E-state index in [-0.39, 0.29) is 17.9 Å². The maximum absolute atomic E-state index is 12.6. The van der Waals surface area contributed by atoms with Crippen molar-refractivity contribution in [3.8, 4) is 0 Å². The zero-order valence-electron chi connectivity index (χ0n) is 17.4. The molecule has 29 heavy (non-hydrogen) atoms. The van der Waals surface area contributed by atoms with Crippen molar-refractivity contribution in [1.82, 2.24) is 10.2 Å². The standard InChI is InChI=1S/C24H31N3O2/c1-18(19-10-5-3-6-11-19)25-24(29)20-12-9-13-21(16-20)26-23(28)17-27(2)22-14-7-4-8-15-22/h3,5-6,9-13,16,18,22H,4,7-8,14-15,17H2,1-2H3,(H,25,29)(H,26,28). The van der Waals surface area contributed by atoms with Gasteiger partial charge in [0, 0.05) is 17.3 Å². The zero-order chi connectivity index (χ0) is 20.6. The molecule has 0 radical (unpaired) electrons. The van der Waals surface area contributed by atoms with Gasteiger partial charge in [-0.1, -0.05) is 55.7 Å². The van der Waals surface area contributed by atoms with Crippen LogP contribution in [0.1, 0.15) is 61.0 Å². The van der Waals surface area contributed by atoms with Crippen LogP contribution in [0.15, 0.2) is 54.6 Å². The van der Waals surface area contributed by atoms with Gasteiger partial charge in [0.15, 0.2) is 0 Å². The number of benzene rings is 2. The van der Waals surface area contributed by atoms with Crippen LogP contribution in [-0.2, 0) is 4.79 Å². The number of nitrogens with one attached hydrogen (secondary N) is 2. The van der Waals surface area contributed by atoms with Crippen molar-refractivity contribution in [2.24, 2.45) is 0 Å². The molecule has 1 fully saturated rings. The molecule has 0 aliphatic heterocycles. The van der Waals surface area contributed by atoms with Crippen LogP contribution in [0, 0.1) is 0 Å². The van der Waals surface area contributed by atoms with Crippen LogP contribution in [0.4, 0.5) is 5.69 Å². The highest BCUT2D eigenvalue weighted by Gasteiger charge is 2.20. The molecule has 0 aromatic heterocycles. The van der Waals surface area contributed by atoms with Crippen LogP contribution in [0.25, 0.3) is 0 Å². The van der Waals surface area contributed by atoms with Gasteiger partial charge in [-0.05, 0) is 50.6 Å². The van der Waals surface area contributed by atoms with E-state index >= 15 is 0 Å². The van der Waals surface area contributed by atoms with Crippen LogP contribution >= 0.6 is 0 Å². The monoisotopic (exact) mass is 393 g/mol. The average Bonchev–Trinajstić information content (AvgIpc) is 2.75. The summed E-state index contributed by atoms with van der Waals surface area (Å²) in [5, 5.41) is 5.94. The molecule has 3 rings (SSSR count). The van der Waals surface area contributed by atoms with Crippen molar-refractivity contribution in [3.63, 3.8) is 0 Å². The lowest BCUT2D eigenvalue weighted by Gasteiger charge is -2.30. The molecule has 2 aromatic carbocycles. The lowest BCUT2D eigenvalue weighted by atomic mass is 9.94. The molecule has 2 amide bonds. The second kappa shape index (κ2) is 10.2. The van der Waals surface area contributed by atoms with Gasteiger partial charge in [-0.25, -0.2) is 0 Å². The molecule has 1 aliphatic carbocycles. The number of amides is 2. The van der Waals surface area contributed by atoms with Crippen molar-refractivity contribution in [1.29, 1.82) is 0 Å². The summed E-state index contributed by atoms with van der Waals surface area (Å²) in [5.41, 5.74) is 2.23. The van der Waals surface area contributed by atoms with Crippen molar-refractivity contribution < 1.29 is 9.59 Å². The van der Waals surface area contributed by atoms with Crippen molar-refractivity contribution in [2.45, 2.75) is 51.1 Å². The first-order valence-electron chi connectivity index (χ1n) is 10.5. The minimum absolute atomic E-state index is 0.0479. The third-order valence-corrected chi connectivity index (χ3v) is 5.65. The Morgan fingerprint density at radius 1 is 1.03 bits per heavy atom. The van der Waals surface area contributed by atoms with Gasteiger partial charge in [0.25, 0.3) is 5.91 Å². The highest BCUT2D eigenvalue weighted by Crippen LogP contribution is 2.21. The summed E-state index contributed by atoms with van der Waals surface area (Å²) >= 11 is 0. The lowest BCUT2D eigenvalue weighted by molar-refractivity contribution is -0.117. The summed E-state index contributed by atoms with van der Waals surface area (Å²) < 4.78 is 0. The molecule has 2 N–H and O–H groups in total. The average molecular weight is 394 g/mol. The fraction of sp³-hybridized carbons (Fsp3) is 0.417. The maximum Gasteiger partial charge on any atom is 0.251 e. The Bertz CT molecular complexity index is 816. The SMILES string of the molecule is CC(NC(=O)c1cccc(NC(=O)CN(C)C2CCCCC2)c1)c1ccccc1. The van der Waals surface area contributed by atoms with Gasteiger partial charge in [0.05, 0.1) is 12.6 Å². The largest absolute Gasteiger partial charge is 0.346 e. The molecule has 154 valence electrons. The molecule has 1 aliphatic rings. The minimum Gasteiger partial charge on any atom is -0.346 e. The van der Waals surface area contributed by atoms with Gasteiger partial charge < -0.3 is 10.6 Å². The van der Waals surface area contributed by atoms with E-state index in [4.69, 9.17) is 0 Å². The Labute approximate surface area is 173 Å². The van der Waals surface area contributed by atoms with Crippen LogP contribution in [0.2, 0.25) is 0 Å². The number of carbonyl (C=O) groups is 2. The fourth-order valence-corrected chi connectivity index (χ4v) is 3.92. The van der Waals surface area contributed by atoms with E-state index < -0.39 is 0 Å². The zero-order valence-corrected chi connectivity index (χ0v) is 17.4. The summed E-state index contributed by atoms with van der Waals surface area (Å²) in [7, 11) is 2.02. The van der Waals surface area contributed by atoms with Crippen LogP contribution in [-0.4, -0.2) is 36.3 Å². The number of hydrogen-bond donors (Lipinski definition) is 2. The van der Waals surface area contributed by atoms with Gasteiger partial charge >= 0.3 is 0 Å². The number of anilines is 1. The van der Waals surface area contributed by atoms with Gasteiger partial charge in [-0.3, -0.25) is 14.5 Å². The molecule has 5 heteroatoms. The number of carbonyl (C=O) groups excluding carboxylic acids is 2. The summed E-state index contributed by atoms with van der Waals surface area (Å²) in [5.74, 6) is -0.204. The third kappa shape index (κ3) is 6.16.